The quantitative estimate of drug-likeness (QED) is 0.715. The SMILES string of the molecule is CCC1CCC2(CC1)NC(=O)N(CC(=O)N1CCC(C)(CN)C1)C2=O.Cl. The molecule has 1 saturated carbocycles. The maximum absolute atomic E-state index is 12.9. The molecule has 8 heteroatoms. The summed E-state index contributed by atoms with van der Waals surface area (Å²) in [5.74, 6) is 0.241. The third-order valence-corrected chi connectivity index (χ3v) is 6.48. The van der Waals surface area contributed by atoms with Gasteiger partial charge in [0.25, 0.3) is 5.91 Å². The molecule has 3 fully saturated rings. The first kappa shape index (κ1) is 21.0. The van der Waals surface area contributed by atoms with Crippen molar-refractivity contribution in [1.29, 1.82) is 0 Å². The van der Waals surface area contributed by atoms with Crippen LogP contribution in [0, 0.1) is 11.3 Å². The second-order valence-corrected chi connectivity index (χ2v) is 8.34. The predicted octanol–water partition coefficient (Wildman–Crippen LogP) is 1.50. The van der Waals surface area contributed by atoms with Gasteiger partial charge in [0.2, 0.25) is 5.91 Å². The van der Waals surface area contributed by atoms with E-state index >= 15 is 0 Å². The van der Waals surface area contributed by atoms with Crippen LogP contribution in [0.4, 0.5) is 4.79 Å². The summed E-state index contributed by atoms with van der Waals surface area (Å²) in [5, 5.41) is 2.88. The first-order valence-electron chi connectivity index (χ1n) is 9.44. The number of hydrogen-bond donors (Lipinski definition) is 2. The lowest BCUT2D eigenvalue weighted by atomic mass is 9.75. The lowest BCUT2D eigenvalue weighted by Gasteiger charge is -2.34. The van der Waals surface area contributed by atoms with Crippen molar-refractivity contribution < 1.29 is 14.4 Å². The number of rotatable bonds is 4. The number of hydrogen-bond acceptors (Lipinski definition) is 4. The minimum absolute atomic E-state index is 0. The van der Waals surface area contributed by atoms with Crippen LogP contribution in [0.5, 0.6) is 0 Å². The van der Waals surface area contributed by atoms with Crippen LogP contribution in [-0.2, 0) is 9.59 Å². The van der Waals surface area contributed by atoms with Crippen molar-refractivity contribution >= 4 is 30.3 Å². The van der Waals surface area contributed by atoms with Gasteiger partial charge in [0.15, 0.2) is 0 Å². The van der Waals surface area contributed by atoms with E-state index in [0.29, 0.717) is 38.4 Å². The zero-order valence-corrected chi connectivity index (χ0v) is 16.6. The Kier molecular flexibility index (Phi) is 6.23. The number of halogens is 1. The highest BCUT2D eigenvalue weighted by Gasteiger charge is 2.53. The third kappa shape index (κ3) is 3.69. The van der Waals surface area contributed by atoms with Gasteiger partial charge in [0.1, 0.15) is 12.1 Å². The van der Waals surface area contributed by atoms with Crippen LogP contribution in [0.1, 0.15) is 52.4 Å². The summed E-state index contributed by atoms with van der Waals surface area (Å²) < 4.78 is 0. The van der Waals surface area contributed by atoms with Gasteiger partial charge in [0, 0.05) is 13.1 Å². The van der Waals surface area contributed by atoms with E-state index in [-0.39, 0.29) is 36.2 Å². The molecule has 2 saturated heterocycles. The number of urea groups is 1. The molecule has 1 atom stereocenters. The van der Waals surface area contributed by atoms with Gasteiger partial charge >= 0.3 is 6.03 Å². The summed E-state index contributed by atoms with van der Waals surface area (Å²) in [5.41, 5.74) is 4.95. The molecule has 0 radical (unpaired) electrons. The molecule has 0 aromatic rings. The van der Waals surface area contributed by atoms with Crippen molar-refractivity contribution in [3.8, 4) is 0 Å². The molecule has 3 rings (SSSR count). The van der Waals surface area contributed by atoms with E-state index in [4.69, 9.17) is 5.73 Å². The van der Waals surface area contributed by atoms with Crippen LogP contribution in [0.2, 0.25) is 0 Å². The Balaban J connectivity index is 0.00000243. The minimum atomic E-state index is -0.778. The molecule has 0 aromatic carbocycles. The van der Waals surface area contributed by atoms with E-state index in [9.17, 15) is 14.4 Å². The summed E-state index contributed by atoms with van der Waals surface area (Å²) in [4.78, 5) is 40.6. The van der Waals surface area contributed by atoms with Gasteiger partial charge in [-0.05, 0) is 50.0 Å². The fraction of sp³-hybridized carbons (Fsp3) is 0.833. The Bertz CT molecular complexity index is 577. The Morgan fingerprint density at radius 2 is 1.92 bits per heavy atom. The Hall–Kier alpha value is -1.34. The number of imide groups is 1. The molecule has 4 amide bonds. The minimum Gasteiger partial charge on any atom is -0.341 e. The maximum Gasteiger partial charge on any atom is 0.325 e. The number of likely N-dealkylation sites (tertiary alicyclic amines) is 1. The highest BCUT2D eigenvalue weighted by molar-refractivity contribution is 6.09. The Morgan fingerprint density at radius 3 is 2.46 bits per heavy atom. The van der Waals surface area contributed by atoms with Crippen molar-refractivity contribution in [3.05, 3.63) is 0 Å². The van der Waals surface area contributed by atoms with Crippen molar-refractivity contribution in [3.63, 3.8) is 0 Å². The number of amides is 4. The van der Waals surface area contributed by atoms with Gasteiger partial charge in [-0.25, -0.2) is 4.79 Å². The van der Waals surface area contributed by atoms with Crippen LogP contribution in [0.15, 0.2) is 0 Å². The lowest BCUT2D eigenvalue weighted by molar-refractivity contribution is -0.139. The summed E-state index contributed by atoms with van der Waals surface area (Å²) in [6, 6.07) is -0.422. The fourth-order valence-electron chi connectivity index (χ4n) is 4.38. The van der Waals surface area contributed by atoms with Crippen molar-refractivity contribution in [2.75, 3.05) is 26.2 Å². The molecular weight excluding hydrogens is 356 g/mol. The molecule has 148 valence electrons. The first-order chi connectivity index (χ1) is 11.8. The van der Waals surface area contributed by atoms with Crippen LogP contribution in [0.3, 0.4) is 0 Å². The second kappa shape index (κ2) is 7.72. The van der Waals surface area contributed by atoms with Crippen LogP contribution in [-0.4, -0.2) is 59.4 Å². The third-order valence-electron chi connectivity index (χ3n) is 6.48. The van der Waals surface area contributed by atoms with E-state index in [2.05, 4.69) is 19.2 Å². The Labute approximate surface area is 161 Å². The second-order valence-electron chi connectivity index (χ2n) is 8.34. The molecule has 0 aromatic heterocycles. The van der Waals surface area contributed by atoms with Crippen molar-refractivity contribution in [2.45, 2.75) is 57.9 Å². The molecule has 3 aliphatic rings. The van der Waals surface area contributed by atoms with Crippen LogP contribution >= 0.6 is 12.4 Å². The monoisotopic (exact) mass is 386 g/mol. The molecule has 26 heavy (non-hydrogen) atoms. The average molecular weight is 387 g/mol. The zero-order chi connectivity index (χ0) is 18.2. The molecule has 1 spiro atoms. The van der Waals surface area contributed by atoms with Gasteiger partial charge in [-0.1, -0.05) is 20.3 Å². The summed E-state index contributed by atoms with van der Waals surface area (Å²) in [7, 11) is 0. The standard InChI is InChI=1S/C18H30N4O3.ClH/c1-3-13-4-6-18(7-5-13)15(24)22(16(25)20-18)10-14(23)21-9-8-17(2,11-19)12-21;/h13H,3-12,19H2,1-2H3,(H,20,25);1H. The topological polar surface area (TPSA) is 95.7 Å². The van der Waals surface area contributed by atoms with Crippen molar-refractivity contribution in [1.82, 2.24) is 15.1 Å². The summed E-state index contributed by atoms with van der Waals surface area (Å²) in [6.45, 7) is 5.82. The van der Waals surface area contributed by atoms with E-state index in [0.717, 1.165) is 30.6 Å². The normalized spacial score (nSPS) is 34.2. The maximum atomic E-state index is 12.9. The van der Waals surface area contributed by atoms with Gasteiger partial charge in [-0.15, -0.1) is 12.4 Å². The molecular formula is C18H31ClN4O3. The highest BCUT2D eigenvalue weighted by atomic mass is 35.5. The van der Waals surface area contributed by atoms with Gasteiger partial charge in [-0.2, -0.15) is 0 Å². The van der Waals surface area contributed by atoms with E-state index < -0.39 is 11.6 Å². The Morgan fingerprint density at radius 1 is 1.27 bits per heavy atom. The number of nitrogens with one attached hydrogen (secondary N) is 1. The largest absolute Gasteiger partial charge is 0.341 e. The van der Waals surface area contributed by atoms with Crippen LogP contribution in [0.25, 0.3) is 0 Å². The van der Waals surface area contributed by atoms with Gasteiger partial charge < -0.3 is 16.0 Å². The van der Waals surface area contributed by atoms with Gasteiger partial charge in [0.05, 0.1) is 0 Å². The molecule has 1 aliphatic carbocycles. The molecule has 2 heterocycles. The lowest BCUT2D eigenvalue weighted by Crippen LogP contribution is -2.50. The van der Waals surface area contributed by atoms with E-state index in [1.54, 1.807) is 4.90 Å². The molecule has 3 N–H and O–H groups in total. The smallest absolute Gasteiger partial charge is 0.325 e. The first-order valence-corrected chi connectivity index (χ1v) is 9.44. The molecule has 0 bridgehead atoms. The van der Waals surface area contributed by atoms with Crippen LogP contribution < -0.4 is 11.1 Å². The van der Waals surface area contributed by atoms with Gasteiger partial charge in [-0.3, -0.25) is 14.5 Å². The highest BCUT2D eigenvalue weighted by Crippen LogP contribution is 2.37. The number of nitrogens with zero attached hydrogens (tertiary/aromatic N) is 2. The molecule has 1 unspecified atom stereocenters. The summed E-state index contributed by atoms with van der Waals surface area (Å²) in [6.07, 6.45) is 5.22. The van der Waals surface area contributed by atoms with E-state index in [1.165, 1.54) is 0 Å². The van der Waals surface area contributed by atoms with E-state index in [1.807, 2.05) is 0 Å². The predicted molar refractivity (Wildman–Crippen MR) is 101 cm³/mol. The average Bonchev–Trinajstić information content (AvgIpc) is 3.11. The molecule has 7 nitrogen and oxygen atoms in total. The van der Waals surface area contributed by atoms with Crippen molar-refractivity contribution in [2.24, 2.45) is 17.1 Å². The molecule has 2 aliphatic heterocycles. The number of carbonyl (C=O) groups is 3. The number of carbonyl (C=O) groups excluding carboxylic acids is 3. The number of nitrogens with two attached hydrogens (primary N) is 1. The zero-order valence-electron chi connectivity index (χ0n) is 15.8. The fourth-order valence-corrected chi connectivity index (χ4v) is 4.38. The summed E-state index contributed by atoms with van der Waals surface area (Å²) >= 11 is 0.